The highest BCUT2D eigenvalue weighted by molar-refractivity contribution is 5.82. The van der Waals surface area contributed by atoms with E-state index in [0.717, 1.165) is 25.7 Å². The Labute approximate surface area is 125 Å². The maximum atomic E-state index is 12.6. The van der Waals surface area contributed by atoms with Gasteiger partial charge in [0.2, 0.25) is 11.8 Å². The number of aliphatic hydroxyl groups is 1. The van der Waals surface area contributed by atoms with Crippen LogP contribution in [0, 0.1) is 11.8 Å². The van der Waals surface area contributed by atoms with E-state index in [2.05, 4.69) is 0 Å². The molecular formula is C15H24N2O4. The van der Waals surface area contributed by atoms with Crippen LogP contribution in [0.2, 0.25) is 0 Å². The van der Waals surface area contributed by atoms with Gasteiger partial charge in [0, 0.05) is 31.5 Å². The summed E-state index contributed by atoms with van der Waals surface area (Å²) < 4.78 is 5.32. The number of hydrogen-bond donors (Lipinski definition) is 1. The molecule has 2 heterocycles. The summed E-state index contributed by atoms with van der Waals surface area (Å²) in [6.07, 6.45) is 3.55. The number of likely N-dealkylation sites (tertiary alicyclic amines) is 1. The molecule has 0 radical (unpaired) electrons. The van der Waals surface area contributed by atoms with Crippen LogP contribution in [-0.2, 0) is 14.3 Å². The van der Waals surface area contributed by atoms with Crippen LogP contribution in [-0.4, -0.2) is 72.2 Å². The number of carbonyl (C=O) groups is 2. The monoisotopic (exact) mass is 296 g/mol. The molecule has 0 aromatic carbocycles. The van der Waals surface area contributed by atoms with E-state index in [1.807, 2.05) is 4.90 Å². The molecule has 6 nitrogen and oxygen atoms in total. The highest BCUT2D eigenvalue weighted by Gasteiger charge is 2.38. The summed E-state index contributed by atoms with van der Waals surface area (Å²) in [5.41, 5.74) is 0. The number of morpholine rings is 1. The standard InChI is InChI=1S/C15H24N2O4/c18-9-13-10-21-8-7-17(13)15(20)12-3-5-16(6-4-12)14(19)11-1-2-11/h11-13,18H,1-10H2. The van der Waals surface area contributed by atoms with Crippen molar-refractivity contribution in [2.75, 3.05) is 39.5 Å². The second-order valence-corrected chi connectivity index (χ2v) is 6.32. The van der Waals surface area contributed by atoms with Crippen LogP contribution in [0.4, 0.5) is 0 Å². The third kappa shape index (κ3) is 3.21. The Morgan fingerprint density at radius 2 is 1.67 bits per heavy atom. The number of hydrogen-bond acceptors (Lipinski definition) is 4. The van der Waals surface area contributed by atoms with Gasteiger partial charge in [-0.05, 0) is 25.7 Å². The molecule has 6 heteroatoms. The molecule has 118 valence electrons. The Morgan fingerprint density at radius 1 is 1.00 bits per heavy atom. The SMILES string of the molecule is O=C(C1CC1)N1CCC(C(=O)N2CCOCC2CO)CC1. The number of rotatable bonds is 3. The van der Waals surface area contributed by atoms with Gasteiger partial charge in [-0.15, -0.1) is 0 Å². The lowest BCUT2D eigenvalue weighted by atomic mass is 9.94. The molecule has 1 N–H and O–H groups in total. The van der Waals surface area contributed by atoms with E-state index in [1.54, 1.807) is 4.90 Å². The van der Waals surface area contributed by atoms with Crippen LogP contribution in [0.15, 0.2) is 0 Å². The molecule has 3 fully saturated rings. The Kier molecular flexibility index (Phi) is 4.45. The number of piperidine rings is 1. The molecule has 0 spiro atoms. The fraction of sp³-hybridized carbons (Fsp3) is 0.867. The number of nitrogens with zero attached hydrogens (tertiary/aromatic N) is 2. The summed E-state index contributed by atoms with van der Waals surface area (Å²) in [6, 6.07) is -0.211. The summed E-state index contributed by atoms with van der Waals surface area (Å²) in [5.74, 6) is 0.645. The van der Waals surface area contributed by atoms with Crippen LogP contribution < -0.4 is 0 Å². The van der Waals surface area contributed by atoms with Crippen LogP contribution in [0.25, 0.3) is 0 Å². The van der Waals surface area contributed by atoms with E-state index in [9.17, 15) is 14.7 Å². The Balaban J connectivity index is 1.53. The summed E-state index contributed by atoms with van der Waals surface area (Å²) >= 11 is 0. The third-order valence-corrected chi connectivity index (χ3v) is 4.80. The number of ether oxygens (including phenoxy) is 1. The molecule has 2 amide bonds. The first-order valence-corrected chi connectivity index (χ1v) is 7.98. The molecule has 1 atom stereocenters. The number of carbonyl (C=O) groups excluding carboxylic acids is 2. The quantitative estimate of drug-likeness (QED) is 0.786. The zero-order valence-electron chi connectivity index (χ0n) is 12.4. The molecule has 3 rings (SSSR count). The fourth-order valence-electron chi connectivity index (χ4n) is 3.27. The Hall–Kier alpha value is -1.14. The molecule has 21 heavy (non-hydrogen) atoms. The molecule has 3 aliphatic rings. The first-order valence-electron chi connectivity index (χ1n) is 7.98. The molecule has 1 saturated carbocycles. The van der Waals surface area contributed by atoms with Crippen molar-refractivity contribution < 1.29 is 19.4 Å². The molecule has 1 unspecified atom stereocenters. The summed E-state index contributed by atoms with van der Waals surface area (Å²) in [7, 11) is 0. The van der Waals surface area contributed by atoms with Crippen LogP contribution in [0.1, 0.15) is 25.7 Å². The largest absolute Gasteiger partial charge is 0.394 e. The molecule has 2 aliphatic heterocycles. The number of amides is 2. The lowest BCUT2D eigenvalue weighted by Crippen LogP contribution is -2.53. The average molecular weight is 296 g/mol. The van der Waals surface area contributed by atoms with Gasteiger partial charge in [-0.25, -0.2) is 0 Å². The zero-order valence-corrected chi connectivity index (χ0v) is 12.4. The van der Waals surface area contributed by atoms with E-state index in [-0.39, 0.29) is 36.3 Å². The van der Waals surface area contributed by atoms with Crippen LogP contribution in [0.3, 0.4) is 0 Å². The Bertz CT molecular complexity index is 402. The molecule has 0 aromatic heterocycles. The summed E-state index contributed by atoms with van der Waals surface area (Å²) in [4.78, 5) is 28.3. The highest BCUT2D eigenvalue weighted by atomic mass is 16.5. The van der Waals surface area contributed by atoms with Crippen molar-refractivity contribution >= 4 is 11.8 Å². The van der Waals surface area contributed by atoms with E-state index in [0.29, 0.717) is 32.8 Å². The van der Waals surface area contributed by atoms with Gasteiger partial charge >= 0.3 is 0 Å². The molecule has 0 aromatic rings. The molecular weight excluding hydrogens is 272 g/mol. The molecule has 1 aliphatic carbocycles. The van der Waals surface area contributed by atoms with Crippen molar-refractivity contribution in [2.45, 2.75) is 31.7 Å². The summed E-state index contributed by atoms with van der Waals surface area (Å²) in [6.45, 7) is 2.86. The minimum absolute atomic E-state index is 0.0135. The maximum absolute atomic E-state index is 12.6. The van der Waals surface area contributed by atoms with Crippen molar-refractivity contribution in [3.8, 4) is 0 Å². The van der Waals surface area contributed by atoms with Crippen LogP contribution in [0.5, 0.6) is 0 Å². The van der Waals surface area contributed by atoms with Gasteiger partial charge in [0.25, 0.3) is 0 Å². The molecule has 2 saturated heterocycles. The normalized spacial score (nSPS) is 27.8. The minimum atomic E-state index is -0.211. The van der Waals surface area contributed by atoms with E-state index in [1.165, 1.54) is 0 Å². The van der Waals surface area contributed by atoms with Gasteiger partial charge in [-0.3, -0.25) is 9.59 Å². The van der Waals surface area contributed by atoms with Crippen molar-refractivity contribution in [1.82, 2.24) is 9.80 Å². The lowest BCUT2D eigenvalue weighted by Gasteiger charge is -2.39. The average Bonchev–Trinajstić information content (AvgIpc) is 3.38. The van der Waals surface area contributed by atoms with E-state index >= 15 is 0 Å². The maximum Gasteiger partial charge on any atom is 0.226 e. The lowest BCUT2D eigenvalue weighted by molar-refractivity contribution is -0.149. The second-order valence-electron chi connectivity index (χ2n) is 6.32. The summed E-state index contributed by atoms with van der Waals surface area (Å²) in [5, 5.41) is 9.36. The second kappa shape index (κ2) is 6.32. The van der Waals surface area contributed by atoms with Gasteiger partial charge in [-0.2, -0.15) is 0 Å². The zero-order chi connectivity index (χ0) is 14.8. The first kappa shape index (κ1) is 14.8. The van der Waals surface area contributed by atoms with Crippen molar-refractivity contribution in [3.63, 3.8) is 0 Å². The van der Waals surface area contributed by atoms with Gasteiger partial charge < -0.3 is 19.6 Å². The highest BCUT2D eigenvalue weighted by Crippen LogP contribution is 2.32. The smallest absolute Gasteiger partial charge is 0.226 e. The Morgan fingerprint density at radius 3 is 2.29 bits per heavy atom. The fourth-order valence-corrected chi connectivity index (χ4v) is 3.27. The van der Waals surface area contributed by atoms with E-state index in [4.69, 9.17) is 4.74 Å². The predicted octanol–water partition coefficient (Wildman–Crippen LogP) is -0.145. The van der Waals surface area contributed by atoms with Crippen molar-refractivity contribution in [1.29, 1.82) is 0 Å². The minimum Gasteiger partial charge on any atom is -0.394 e. The van der Waals surface area contributed by atoms with Gasteiger partial charge in [0.05, 0.1) is 25.9 Å². The first-order chi connectivity index (χ1) is 10.2. The van der Waals surface area contributed by atoms with Gasteiger partial charge in [-0.1, -0.05) is 0 Å². The van der Waals surface area contributed by atoms with Gasteiger partial charge in [0.1, 0.15) is 0 Å². The number of aliphatic hydroxyl groups excluding tert-OH is 1. The molecule has 0 bridgehead atoms. The predicted molar refractivity (Wildman–Crippen MR) is 75.4 cm³/mol. The van der Waals surface area contributed by atoms with Crippen LogP contribution >= 0.6 is 0 Å². The van der Waals surface area contributed by atoms with Crippen molar-refractivity contribution in [2.24, 2.45) is 11.8 Å². The third-order valence-electron chi connectivity index (χ3n) is 4.80. The van der Waals surface area contributed by atoms with E-state index < -0.39 is 0 Å². The van der Waals surface area contributed by atoms with Crippen molar-refractivity contribution in [3.05, 3.63) is 0 Å². The topological polar surface area (TPSA) is 70.1 Å². The van der Waals surface area contributed by atoms with Gasteiger partial charge in [0.15, 0.2) is 0 Å².